The molecule has 1 aromatic carbocycles. The monoisotopic (exact) mass is 385 g/mol. The van der Waals surface area contributed by atoms with Crippen molar-refractivity contribution in [1.82, 2.24) is 14.8 Å². The van der Waals surface area contributed by atoms with Crippen molar-refractivity contribution in [2.24, 2.45) is 0 Å². The molecule has 28 heavy (non-hydrogen) atoms. The minimum Gasteiger partial charge on any atom is -0.480 e. The average molecular weight is 385 g/mol. The highest BCUT2D eigenvalue weighted by atomic mass is 16.5. The van der Waals surface area contributed by atoms with Crippen LogP contribution in [0.1, 0.15) is 10.4 Å². The Bertz CT molecular complexity index is 814. The second kappa shape index (κ2) is 9.29. The van der Waals surface area contributed by atoms with E-state index in [1.54, 1.807) is 65.6 Å². The lowest BCUT2D eigenvalue weighted by Gasteiger charge is -2.34. The summed E-state index contributed by atoms with van der Waals surface area (Å²) in [5.41, 5.74) is 0.533. The fourth-order valence-corrected chi connectivity index (χ4v) is 3.07. The Hall–Kier alpha value is -2.97. The number of benzene rings is 1. The molecule has 1 unspecified atom stereocenters. The second-order valence-corrected chi connectivity index (χ2v) is 6.65. The zero-order valence-corrected chi connectivity index (χ0v) is 15.7. The number of pyridine rings is 1. The van der Waals surface area contributed by atoms with Gasteiger partial charge in [-0.1, -0.05) is 6.07 Å². The van der Waals surface area contributed by atoms with Crippen LogP contribution in [0, 0.1) is 0 Å². The molecule has 8 heteroatoms. The van der Waals surface area contributed by atoms with Crippen molar-refractivity contribution >= 4 is 11.9 Å². The van der Waals surface area contributed by atoms with Gasteiger partial charge in [0.1, 0.15) is 11.5 Å². The molecular formula is C20H23N3O5. The van der Waals surface area contributed by atoms with Gasteiger partial charge in [-0.05, 0) is 37.4 Å². The molecule has 3 rings (SSSR count). The number of carbonyl (C=O) groups is 2. The third-order valence-electron chi connectivity index (χ3n) is 4.31. The third-order valence-corrected chi connectivity index (χ3v) is 4.31. The van der Waals surface area contributed by atoms with Gasteiger partial charge in [0, 0.05) is 37.6 Å². The van der Waals surface area contributed by atoms with E-state index >= 15 is 0 Å². The van der Waals surface area contributed by atoms with Crippen molar-refractivity contribution in [2.75, 3.05) is 39.8 Å². The van der Waals surface area contributed by atoms with Gasteiger partial charge in [0.05, 0.1) is 19.3 Å². The first-order valence-electron chi connectivity index (χ1n) is 9.00. The summed E-state index contributed by atoms with van der Waals surface area (Å²) in [5.74, 6) is 0.224. The summed E-state index contributed by atoms with van der Waals surface area (Å²) in [6.07, 6.45) is 3.05. The topological polar surface area (TPSA) is 92.2 Å². The highest BCUT2D eigenvalue weighted by Gasteiger charge is 2.26. The normalized spacial score (nSPS) is 16.8. The Balaban J connectivity index is 1.63. The molecule has 0 radical (unpaired) electrons. The molecule has 0 bridgehead atoms. The van der Waals surface area contributed by atoms with E-state index in [1.807, 2.05) is 0 Å². The van der Waals surface area contributed by atoms with Gasteiger partial charge in [-0.15, -0.1) is 0 Å². The number of aliphatic carboxylic acids is 1. The van der Waals surface area contributed by atoms with E-state index in [0.717, 1.165) is 0 Å². The molecule has 2 heterocycles. The maximum atomic E-state index is 12.9. The predicted octanol–water partition coefficient (Wildman–Crippen LogP) is 1.73. The van der Waals surface area contributed by atoms with Gasteiger partial charge in [-0.2, -0.15) is 0 Å². The van der Waals surface area contributed by atoms with Gasteiger partial charge >= 0.3 is 5.97 Å². The number of likely N-dealkylation sites (N-methyl/N-ethyl adjacent to an activating group) is 1. The van der Waals surface area contributed by atoms with Crippen molar-refractivity contribution in [3.63, 3.8) is 0 Å². The van der Waals surface area contributed by atoms with Crippen LogP contribution in [0.25, 0.3) is 0 Å². The summed E-state index contributed by atoms with van der Waals surface area (Å²) >= 11 is 0. The first-order valence-corrected chi connectivity index (χ1v) is 9.00. The zero-order chi connectivity index (χ0) is 19.9. The lowest BCUT2D eigenvalue weighted by Crippen LogP contribution is -2.49. The minimum absolute atomic E-state index is 0.0673. The summed E-state index contributed by atoms with van der Waals surface area (Å²) in [5, 5.41) is 8.87. The molecule has 0 aliphatic carbocycles. The fourth-order valence-electron chi connectivity index (χ4n) is 3.07. The van der Waals surface area contributed by atoms with Crippen LogP contribution < -0.4 is 4.74 Å². The fraction of sp³-hybridized carbons (Fsp3) is 0.350. The van der Waals surface area contributed by atoms with Gasteiger partial charge in [0.25, 0.3) is 5.91 Å². The molecule has 1 saturated heterocycles. The molecule has 0 spiro atoms. The van der Waals surface area contributed by atoms with Crippen LogP contribution in [-0.4, -0.2) is 77.7 Å². The maximum Gasteiger partial charge on any atom is 0.317 e. The van der Waals surface area contributed by atoms with Gasteiger partial charge in [0.15, 0.2) is 0 Å². The van der Waals surface area contributed by atoms with Crippen LogP contribution in [0.3, 0.4) is 0 Å². The Morgan fingerprint density at radius 1 is 1.29 bits per heavy atom. The number of ether oxygens (including phenoxy) is 2. The first-order chi connectivity index (χ1) is 13.5. The number of hydrogen-bond acceptors (Lipinski definition) is 6. The van der Waals surface area contributed by atoms with Crippen molar-refractivity contribution in [3.05, 3.63) is 54.4 Å². The molecule has 0 saturated carbocycles. The van der Waals surface area contributed by atoms with Crippen LogP contribution >= 0.6 is 0 Å². The smallest absolute Gasteiger partial charge is 0.317 e. The van der Waals surface area contributed by atoms with Crippen LogP contribution in [0.15, 0.2) is 48.8 Å². The average Bonchev–Trinajstić information content (AvgIpc) is 2.68. The summed E-state index contributed by atoms with van der Waals surface area (Å²) in [6, 6.07) is 10.5. The molecule has 1 aromatic heterocycles. The number of carboxylic acid groups (broad SMARTS) is 1. The van der Waals surface area contributed by atoms with Crippen LogP contribution in [0.4, 0.5) is 0 Å². The lowest BCUT2D eigenvalue weighted by molar-refractivity contribution is -0.138. The van der Waals surface area contributed by atoms with Crippen molar-refractivity contribution in [3.8, 4) is 11.5 Å². The number of hydrogen-bond donors (Lipinski definition) is 1. The van der Waals surface area contributed by atoms with Gasteiger partial charge in [-0.3, -0.25) is 19.5 Å². The van der Waals surface area contributed by atoms with E-state index in [4.69, 9.17) is 14.6 Å². The van der Waals surface area contributed by atoms with E-state index in [2.05, 4.69) is 4.98 Å². The number of carbonyl (C=O) groups excluding carboxylic acids is 1. The van der Waals surface area contributed by atoms with Gasteiger partial charge < -0.3 is 19.5 Å². The molecule has 1 atom stereocenters. The molecule has 1 fully saturated rings. The largest absolute Gasteiger partial charge is 0.480 e. The number of rotatable bonds is 7. The van der Waals surface area contributed by atoms with Crippen molar-refractivity contribution < 1.29 is 24.2 Å². The van der Waals surface area contributed by atoms with E-state index < -0.39 is 5.97 Å². The number of carboxylic acids is 1. The van der Waals surface area contributed by atoms with Gasteiger partial charge in [-0.25, -0.2) is 0 Å². The predicted molar refractivity (Wildman–Crippen MR) is 102 cm³/mol. The standard InChI is InChI=1S/C20H23N3O5/c1-22(14-19(24)25)12-18-13-23(9-10-27-18)20(26)15-3-2-4-17(11-15)28-16-5-7-21-8-6-16/h2-8,11,18H,9-10,12-14H2,1H3,(H,24,25). The Labute approximate surface area is 163 Å². The summed E-state index contributed by atoms with van der Waals surface area (Å²) in [7, 11) is 1.72. The van der Waals surface area contributed by atoms with Crippen LogP contribution in [0.5, 0.6) is 11.5 Å². The van der Waals surface area contributed by atoms with Crippen LogP contribution in [0.2, 0.25) is 0 Å². The molecule has 1 N–H and O–H groups in total. The molecule has 1 aliphatic rings. The lowest BCUT2D eigenvalue weighted by atomic mass is 10.1. The van der Waals surface area contributed by atoms with Crippen molar-refractivity contribution in [2.45, 2.75) is 6.10 Å². The molecule has 1 amide bonds. The maximum absolute atomic E-state index is 12.9. The molecule has 148 valence electrons. The van der Waals surface area contributed by atoms with Crippen molar-refractivity contribution in [1.29, 1.82) is 0 Å². The molecule has 8 nitrogen and oxygen atoms in total. The van der Waals surface area contributed by atoms with E-state index in [-0.39, 0.29) is 18.6 Å². The first kappa shape index (κ1) is 19.8. The van der Waals surface area contributed by atoms with Gasteiger partial charge in [0.2, 0.25) is 0 Å². The second-order valence-electron chi connectivity index (χ2n) is 6.65. The Morgan fingerprint density at radius 3 is 2.82 bits per heavy atom. The van der Waals surface area contributed by atoms with E-state index in [1.165, 1.54) is 0 Å². The summed E-state index contributed by atoms with van der Waals surface area (Å²) < 4.78 is 11.5. The van der Waals surface area contributed by atoms with Crippen LogP contribution in [-0.2, 0) is 9.53 Å². The molecule has 2 aromatic rings. The summed E-state index contributed by atoms with van der Waals surface area (Å²) in [6.45, 7) is 1.71. The SMILES string of the molecule is CN(CC(=O)O)CC1CN(C(=O)c2cccc(Oc3ccncc3)c2)CCO1. The van der Waals surface area contributed by atoms with E-state index in [9.17, 15) is 9.59 Å². The molecule has 1 aliphatic heterocycles. The highest BCUT2D eigenvalue weighted by molar-refractivity contribution is 5.94. The minimum atomic E-state index is -0.891. The number of nitrogens with zero attached hydrogens (tertiary/aromatic N) is 3. The zero-order valence-electron chi connectivity index (χ0n) is 15.7. The number of morpholine rings is 1. The van der Waals surface area contributed by atoms with E-state index in [0.29, 0.717) is 43.3 Å². The Morgan fingerprint density at radius 2 is 2.07 bits per heavy atom. The Kier molecular flexibility index (Phi) is 6.57. The highest BCUT2D eigenvalue weighted by Crippen LogP contribution is 2.22. The summed E-state index contributed by atoms with van der Waals surface area (Å²) in [4.78, 5) is 31.1. The number of amides is 1. The molecular weight excluding hydrogens is 362 g/mol. The third kappa shape index (κ3) is 5.51. The quantitative estimate of drug-likeness (QED) is 0.776. The number of aromatic nitrogens is 1.